The van der Waals surface area contributed by atoms with Crippen molar-refractivity contribution in [2.45, 2.75) is 32.8 Å². The molecule has 4 rings (SSSR count). The van der Waals surface area contributed by atoms with Crippen LogP contribution in [0.25, 0.3) is 0 Å². The van der Waals surface area contributed by atoms with Gasteiger partial charge in [0.15, 0.2) is 0 Å². The van der Waals surface area contributed by atoms with E-state index in [4.69, 9.17) is 14.2 Å². The summed E-state index contributed by atoms with van der Waals surface area (Å²) in [7, 11) is 0. The third kappa shape index (κ3) is 3.27. The SMILES string of the molecule is CC(C)Oc1ccc(NC(=O)Nc2c3c(cc4c2OCC4)OCC3)cc1. The molecule has 0 radical (unpaired) electrons. The molecule has 2 heterocycles. The van der Waals surface area contributed by atoms with Gasteiger partial charge >= 0.3 is 6.03 Å². The monoisotopic (exact) mass is 354 g/mol. The van der Waals surface area contributed by atoms with Gasteiger partial charge in [-0.05, 0) is 44.2 Å². The summed E-state index contributed by atoms with van der Waals surface area (Å²) in [5, 5.41) is 5.80. The Kier molecular flexibility index (Phi) is 4.32. The maximum Gasteiger partial charge on any atom is 0.323 e. The van der Waals surface area contributed by atoms with Crippen LogP contribution in [-0.2, 0) is 12.8 Å². The molecular formula is C20H22N2O4. The van der Waals surface area contributed by atoms with Gasteiger partial charge in [-0.1, -0.05) is 0 Å². The van der Waals surface area contributed by atoms with Gasteiger partial charge in [-0.3, -0.25) is 0 Å². The maximum absolute atomic E-state index is 12.5. The molecule has 0 spiro atoms. The Balaban J connectivity index is 1.49. The van der Waals surface area contributed by atoms with Gasteiger partial charge < -0.3 is 24.8 Å². The van der Waals surface area contributed by atoms with Crippen LogP contribution in [0, 0.1) is 0 Å². The second-order valence-electron chi connectivity index (χ2n) is 6.68. The summed E-state index contributed by atoms with van der Waals surface area (Å²) in [5.41, 5.74) is 3.50. The summed E-state index contributed by atoms with van der Waals surface area (Å²) in [5.74, 6) is 2.39. The quantitative estimate of drug-likeness (QED) is 0.871. The molecule has 2 aromatic rings. The Hall–Kier alpha value is -2.89. The topological polar surface area (TPSA) is 68.8 Å². The van der Waals surface area contributed by atoms with Crippen molar-refractivity contribution in [2.75, 3.05) is 23.8 Å². The molecule has 6 nitrogen and oxygen atoms in total. The average molecular weight is 354 g/mol. The normalized spacial score (nSPS) is 14.3. The number of carbonyl (C=O) groups is 1. The summed E-state index contributed by atoms with van der Waals surface area (Å²) in [6.45, 7) is 5.21. The van der Waals surface area contributed by atoms with Crippen molar-refractivity contribution in [3.05, 3.63) is 41.5 Å². The van der Waals surface area contributed by atoms with E-state index in [0.29, 0.717) is 18.9 Å². The first-order chi connectivity index (χ1) is 12.6. The van der Waals surface area contributed by atoms with Gasteiger partial charge in [0.25, 0.3) is 0 Å². The number of benzene rings is 2. The lowest BCUT2D eigenvalue weighted by molar-refractivity contribution is 0.242. The summed E-state index contributed by atoms with van der Waals surface area (Å²) in [6.07, 6.45) is 1.71. The van der Waals surface area contributed by atoms with Crippen molar-refractivity contribution in [3.8, 4) is 17.2 Å². The number of hydrogen-bond donors (Lipinski definition) is 2. The fourth-order valence-electron chi connectivity index (χ4n) is 3.28. The molecule has 0 fully saturated rings. The highest BCUT2D eigenvalue weighted by Crippen LogP contribution is 2.44. The van der Waals surface area contributed by atoms with Crippen LogP contribution in [0.4, 0.5) is 16.2 Å². The molecule has 6 heteroatoms. The predicted octanol–water partition coefficient (Wildman–Crippen LogP) is 3.99. The van der Waals surface area contributed by atoms with E-state index in [0.717, 1.165) is 46.9 Å². The number of rotatable bonds is 4. The van der Waals surface area contributed by atoms with Crippen LogP contribution in [0.2, 0.25) is 0 Å². The minimum absolute atomic E-state index is 0.113. The first-order valence-electron chi connectivity index (χ1n) is 8.89. The summed E-state index contributed by atoms with van der Waals surface area (Å²) in [4.78, 5) is 12.5. The highest BCUT2D eigenvalue weighted by molar-refractivity contribution is 6.02. The van der Waals surface area contributed by atoms with Crippen LogP contribution in [0.15, 0.2) is 30.3 Å². The van der Waals surface area contributed by atoms with Gasteiger partial charge in [0.05, 0.1) is 25.0 Å². The molecule has 0 aliphatic carbocycles. The van der Waals surface area contributed by atoms with Gasteiger partial charge in [-0.25, -0.2) is 4.79 Å². The Morgan fingerprint density at radius 1 is 1.08 bits per heavy atom. The van der Waals surface area contributed by atoms with Crippen LogP contribution in [0.5, 0.6) is 17.2 Å². The lowest BCUT2D eigenvalue weighted by Gasteiger charge is -2.15. The fraction of sp³-hybridized carbons (Fsp3) is 0.350. The van der Waals surface area contributed by atoms with Crippen LogP contribution in [-0.4, -0.2) is 25.3 Å². The van der Waals surface area contributed by atoms with Crippen LogP contribution in [0.3, 0.4) is 0 Å². The predicted molar refractivity (Wildman–Crippen MR) is 99.7 cm³/mol. The smallest absolute Gasteiger partial charge is 0.323 e. The molecule has 2 aromatic carbocycles. The molecule has 2 N–H and O–H groups in total. The third-order valence-electron chi connectivity index (χ3n) is 4.37. The highest BCUT2D eigenvalue weighted by atomic mass is 16.5. The largest absolute Gasteiger partial charge is 0.493 e. The number of urea groups is 1. The molecule has 2 aliphatic heterocycles. The van der Waals surface area contributed by atoms with E-state index < -0.39 is 0 Å². The van der Waals surface area contributed by atoms with Crippen molar-refractivity contribution < 1.29 is 19.0 Å². The number of ether oxygens (including phenoxy) is 3. The van der Waals surface area contributed by atoms with E-state index in [2.05, 4.69) is 10.6 Å². The van der Waals surface area contributed by atoms with Gasteiger partial charge in [-0.15, -0.1) is 0 Å². The molecule has 2 aliphatic rings. The molecule has 26 heavy (non-hydrogen) atoms. The number of carbonyl (C=O) groups excluding carboxylic acids is 1. The van der Waals surface area contributed by atoms with E-state index in [1.54, 1.807) is 0 Å². The molecule has 0 aromatic heterocycles. The molecule has 136 valence electrons. The second kappa shape index (κ2) is 6.78. The molecule has 0 atom stereocenters. The van der Waals surface area contributed by atoms with E-state index in [9.17, 15) is 4.79 Å². The first kappa shape index (κ1) is 16.6. The molecule has 0 saturated heterocycles. The maximum atomic E-state index is 12.5. The Morgan fingerprint density at radius 2 is 1.85 bits per heavy atom. The third-order valence-corrected chi connectivity index (χ3v) is 4.37. The summed E-state index contributed by atoms with van der Waals surface area (Å²) in [6, 6.07) is 9.03. The summed E-state index contributed by atoms with van der Waals surface area (Å²) < 4.78 is 17.0. The lowest BCUT2D eigenvalue weighted by Crippen LogP contribution is -2.20. The minimum atomic E-state index is -0.305. The lowest BCUT2D eigenvalue weighted by atomic mass is 10.0. The molecule has 0 bridgehead atoms. The number of amides is 2. The average Bonchev–Trinajstić information content (AvgIpc) is 3.25. The van der Waals surface area contributed by atoms with E-state index in [1.807, 2.05) is 44.2 Å². The van der Waals surface area contributed by atoms with E-state index in [1.165, 1.54) is 0 Å². The van der Waals surface area contributed by atoms with Crippen LogP contribution in [0.1, 0.15) is 25.0 Å². The van der Waals surface area contributed by atoms with Crippen molar-refractivity contribution in [1.29, 1.82) is 0 Å². The van der Waals surface area contributed by atoms with Crippen LogP contribution < -0.4 is 24.8 Å². The van der Waals surface area contributed by atoms with E-state index >= 15 is 0 Å². The fourth-order valence-corrected chi connectivity index (χ4v) is 3.28. The zero-order chi connectivity index (χ0) is 18.1. The standard InChI is InChI=1S/C20H22N2O4/c1-12(2)26-15-5-3-14(4-6-15)21-20(23)22-18-16-8-10-24-17(16)11-13-7-9-25-19(13)18/h3-6,11-12H,7-10H2,1-2H3,(H2,21,22,23). The van der Waals surface area contributed by atoms with Crippen molar-refractivity contribution in [1.82, 2.24) is 0 Å². The Bertz CT molecular complexity index is 798. The number of hydrogen-bond acceptors (Lipinski definition) is 4. The van der Waals surface area contributed by atoms with Crippen LogP contribution >= 0.6 is 0 Å². The Morgan fingerprint density at radius 3 is 2.62 bits per heavy atom. The van der Waals surface area contributed by atoms with Gasteiger partial charge in [-0.2, -0.15) is 0 Å². The van der Waals surface area contributed by atoms with Gasteiger partial charge in [0.2, 0.25) is 0 Å². The first-order valence-corrected chi connectivity index (χ1v) is 8.89. The number of fused-ring (bicyclic) bond motifs is 2. The molecule has 2 amide bonds. The second-order valence-corrected chi connectivity index (χ2v) is 6.68. The van der Waals surface area contributed by atoms with Crippen molar-refractivity contribution >= 4 is 17.4 Å². The van der Waals surface area contributed by atoms with Crippen molar-refractivity contribution in [2.24, 2.45) is 0 Å². The summed E-state index contributed by atoms with van der Waals surface area (Å²) >= 11 is 0. The molecular weight excluding hydrogens is 332 g/mol. The number of nitrogens with one attached hydrogen (secondary N) is 2. The van der Waals surface area contributed by atoms with Crippen molar-refractivity contribution in [3.63, 3.8) is 0 Å². The van der Waals surface area contributed by atoms with E-state index in [-0.39, 0.29) is 12.1 Å². The van der Waals surface area contributed by atoms with Gasteiger partial charge in [0.1, 0.15) is 17.2 Å². The zero-order valence-electron chi connectivity index (χ0n) is 14.9. The zero-order valence-corrected chi connectivity index (χ0v) is 14.9. The van der Waals surface area contributed by atoms with Gasteiger partial charge in [0, 0.05) is 29.7 Å². The Labute approximate surface area is 152 Å². The number of anilines is 2. The minimum Gasteiger partial charge on any atom is -0.493 e. The molecule has 0 unspecified atom stereocenters. The highest BCUT2D eigenvalue weighted by Gasteiger charge is 2.27. The molecule has 0 saturated carbocycles.